The van der Waals surface area contributed by atoms with E-state index in [2.05, 4.69) is 14.8 Å². The Morgan fingerprint density at radius 3 is 2.48 bits per heavy atom. The van der Waals surface area contributed by atoms with Gasteiger partial charge in [0.05, 0.1) is 11.4 Å². The Labute approximate surface area is 128 Å². The number of nitrogens with two attached hydrogens (primary N) is 1. The molecule has 1 aliphatic heterocycles. The van der Waals surface area contributed by atoms with E-state index in [0.717, 1.165) is 37.0 Å². The van der Waals surface area contributed by atoms with Gasteiger partial charge in [0.15, 0.2) is 5.13 Å². The van der Waals surface area contributed by atoms with Gasteiger partial charge in [-0.05, 0) is 19.1 Å². The first kappa shape index (κ1) is 14.3. The molecule has 1 aliphatic rings. The van der Waals surface area contributed by atoms with Crippen molar-refractivity contribution in [1.82, 2.24) is 4.98 Å². The van der Waals surface area contributed by atoms with Crippen molar-refractivity contribution < 1.29 is 4.39 Å². The van der Waals surface area contributed by atoms with E-state index in [9.17, 15) is 4.39 Å². The zero-order chi connectivity index (χ0) is 14.8. The van der Waals surface area contributed by atoms with E-state index in [1.807, 2.05) is 24.4 Å². The van der Waals surface area contributed by atoms with Crippen molar-refractivity contribution in [3.05, 3.63) is 41.2 Å². The van der Waals surface area contributed by atoms with Crippen LogP contribution in [0.3, 0.4) is 0 Å². The molecule has 0 radical (unpaired) electrons. The van der Waals surface area contributed by atoms with Crippen LogP contribution >= 0.6 is 11.3 Å². The highest BCUT2D eigenvalue weighted by molar-refractivity contribution is 7.13. The number of benzene rings is 1. The molecule has 112 valence electrons. The Morgan fingerprint density at radius 1 is 1.19 bits per heavy atom. The zero-order valence-corrected chi connectivity index (χ0v) is 12.8. The fraction of sp³-hybridized carbons (Fsp3) is 0.400. The molecule has 1 fully saturated rings. The molecule has 1 aromatic carbocycles. The minimum Gasteiger partial charge on any atom is -0.366 e. The fourth-order valence-electron chi connectivity index (χ4n) is 2.48. The third-order valence-electron chi connectivity index (χ3n) is 3.72. The van der Waals surface area contributed by atoms with Gasteiger partial charge in [0, 0.05) is 37.6 Å². The number of nitrogens with zero attached hydrogens (tertiary/aromatic N) is 3. The molecule has 4 nitrogen and oxygen atoms in total. The van der Waals surface area contributed by atoms with E-state index in [1.54, 1.807) is 17.4 Å². The Bertz CT molecular complexity index is 605. The standard InChI is InChI=1S/C15H19FN4S/c1-11(17)13-10-21-15(18-13)20-8-6-19(7-9-20)14-5-3-2-4-12(14)16/h2-5,10-11H,6-9,17H2,1H3. The van der Waals surface area contributed by atoms with Gasteiger partial charge in [-0.1, -0.05) is 12.1 Å². The molecule has 0 spiro atoms. The predicted molar refractivity (Wildman–Crippen MR) is 85.5 cm³/mol. The van der Waals surface area contributed by atoms with E-state index < -0.39 is 0 Å². The topological polar surface area (TPSA) is 45.4 Å². The first-order valence-electron chi connectivity index (χ1n) is 7.10. The van der Waals surface area contributed by atoms with Crippen LogP contribution in [-0.2, 0) is 0 Å². The second-order valence-corrected chi connectivity index (χ2v) is 6.11. The van der Waals surface area contributed by atoms with Crippen molar-refractivity contribution in [2.45, 2.75) is 13.0 Å². The van der Waals surface area contributed by atoms with Gasteiger partial charge < -0.3 is 15.5 Å². The molecule has 6 heteroatoms. The number of para-hydroxylation sites is 1. The monoisotopic (exact) mass is 306 g/mol. The van der Waals surface area contributed by atoms with E-state index >= 15 is 0 Å². The number of anilines is 2. The normalized spacial score (nSPS) is 17.1. The number of hydrogen-bond acceptors (Lipinski definition) is 5. The molecule has 3 rings (SSSR count). The molecule has 0 aliphatic carbocycles. The van der Waals surface area contributed by atoms with E-state index in [0.29, 0.717) is 5.69 Å². The van der Waals surface area contributed by atoms with Gasteiger partial charge in [-0.2, -0.15) is 0 Å². The van der Waals surface area contributed by atoms with Crippen LogP contribution in [0, 0.1) is 5.82 Å². The Morgan fingerprint density at radius 2 is 1.86 bits per heavy atom. The van der Waals surface area contributed by atoms with Crippen molar-refractivity contribution in [3.8, 4) is 0 Å². The third-order valence-corrected chi connectivity index (χ3v) is 4.64. The summed E-state index contributed by atoms with van der Waals surface area (Å²) in [7, 11) is 0. The van der Waals surface area contributed by atoms with Gasteiger partial charge in [-0.3, -0.25) is 0 Å². The molecule has 0 amide bonds. The summed E-state index contributed by atoms with van der Waals surface area (Å²) < 4.78 is 13.8. The highest BCUT2D eigenvalue weighted by atomic mass is 32.1. The van der Waals surface area contributed by atoms with Crippen molar-refractivity contribution in [3.63, 3.8) is 0 Å². The lowest BCUT2D eigenvalue weighted by molar-refractivity contribution is 0.597. The third kappa shape index (κ3) is 3.01. The average molecular weight is 306 g/mol. The lowest BCUT2D eigenvalue weighted by Crippen LogP contribution is -2.46. The lowest BCUT2D eigenvalue weighted by Gasteiger charge is -2.36. The molecule has 1 unspecified atom stereocenters. The van der Waals surface area contributed by atoms with E-state index in [1.165, 1.54) is 6.07 Å². The molecular formula is C15H19FN4S. The highest BCUT2D eigenvalue weighted by Gasteiger charge is 2.21. The molecule has 0 saturated carbocycles. The average Bonchev–Trinajstić information content (AvgIpc) is 2.98. The SMILES string of the molecule is CC(N)c1csc(N2CCN(c3ccccc3F)CC2)n1. The number of halogens is 1. The molecular weight excluding hydrogens is 287 g/mol. The number of piperazine rings is 1. The van der Waals surface area contributed by atoms with Crippen LogP contribution in [0.25, 0.3) is 0 Å². The van der Waals surface area contributed by atoms with Crippen LogP contribution in [0.4, 0.5) is 15.2 Å². The molecule has 0 bridgehead atoms. The summed E-state index contributed by atoms with van der Waals surface area (Å²) in [5, 5.41) is 3.03. The molecule has 2 aromatic rings. The second kappa shape index (κ2) is 5.99. The fourth-order valence-corrected chi connectivity index (χ4v) is 3.46. The minimum absolute atomic E-state index is 0.0327. The van der Waals surface area contributed by atoms with Crippen molar-refractivity contribution >= 4 is 22.2 Å². The van der Waals surface area contributed by atoms with Gasteiger partial charge in [0.2, 0.25) is 0 Å². The molecule has 2 N–H and O–H groups in total. The summed E-state index contributed by atoms with van der Waals surface area (Å²) in [6.45, 7) is 5.23. The number of aromatic nitrogens is 1. The smallest absolute Gasteiger partial charge is 0.185 e. The zero-order valence-electron chi connectivity index (χ0n) is 12.0. The summed E-state index contributed by atoms with van der Waals surface area (Å²) in [6, 6.07) is 6.91. The van der Waals surface area contributed by atoms with Crippen LogP contribution in [0.1, 0.15) is 18.7 Å². The van der Waals surface area contributed by atoms with Gasteiger partial charge in [-0.15, -0.1) is 11.3 Å². The number of rotatable bonds is 3. The van der Waals surface area contributed by atoms with Gasteiger partial charge in [0.25, 0.3) is 0 Å². The molecule has 1 aromatic heterocycles. The molecule has 2 heterocycles. The molecule has 1 atom stereocenters. The summed E-state index contributed by atoms with van der Waals surface area (Å²) in [5.74, 6) is -0.153. The molecule has 21 heavy (non-hydrogen) atoms. The second-order valence-electron chi connectivity index (χ2n) is 5.27. The largest absolute Gasteiger partial charge is 0.366 e. The van der Waals surface area contributed by atoms with Crippen LogP contribution in [0.15, 0.2) is 29.6 Å². The van der Waals surface area contributed by atoms with Crippen molar-refractivity contribution in [2.75, 3.05) is 36.0 Å². The van der Waals surface area contributed by atoms with Crippen LogP contribution in [-0.4, -0.2) is 31.2 Å². The number of thiazole rings is 1. The summed E-state index contributed by atoms with van der Waals surface area (Å²) in [5.41, 5.74) is 7.47. The Balaban J connectivity index is 1.66. The number of hydrogen-bond donors (Lipinski definition) is 1. The first-order chi connectivity index (χ1) is 10.1. The van der Waals surface area contributed by atoms with Crippen LogP contribution < -0.4 is 15.5 Å². The van der Waals surface area contributed by atoms with Crippen LogP contribution in [0.2, 0.25) is 0 Å². The quantitative estimate of drug-likeness (QED) is 0.947. The summed E-state index contributed by atoms with van der Waals surface area (Å²) in [4.78, 5) is 8.91. The predicted octanol–water partition coefficient (Wildman–Crippen LogP) is 2.63. The first-order valence-corrected chi connectivity index (χ1v) is 7.98. The molecule has 1 saturated heterocycles. The van der Waals surface area contributed by atoms with Crippen molar-refractivity contribution in [1.29, 1.82) is 0 Å². The minimum atomic E-state index is -0.153. The van der Waals surface area contributed by atoms with Crippen molar-refractivity contribution in [2.24, 2.45) is 5.73 Å². The van der Waals surface area contributed by atoms with Crippen LogP contribution in [0.5, 0.6) is 0 Å². The van der Waals surface area contributed by atoms with Gasteiger partial charge >= 0.3 is 0 Å². The maximum Gasteiger partial charge on any atom is 0.185 e. The Hall–Kier alpha value is -1.66. The van der Waals surface area contributed by atoms with Gasteiger partial charge in [-0.25, -0.2) is 9.37 Å². The van der Waals surface area contributed by atoms with Gasteiger partial charge in [0.1, 0.15) is 5.82 Å². The highest BCUT2D eigenvalue weighted by Crippen LogP contribution is 2.26. The van der Waals surface area contributed by atoms with E-state index in [4.69, 9.17) is 5.73 Å². The summed E-state index contributed by atoms with van der Waals surface area (Å²) >= 11 is 1.63. The maximum atomic E-state index is 13.8. The summed E-state index contributed by atoms with van der Waals surface area (Å²) in [6.07, 6.45) is 0. The van der Waals surface area contributed by atoms with E-state index in [-0.39, 0.29) is 11.9 Å². The lowest BCUT2D eigenvalue weighted by atomic mass is 10.2. The Kier molecular flexibility index (Phi) is 4.07. The maximum absolute atomic E-state index is 13.8.